The number of carbonyl (C=O) groups excluding carboxylic acids is 1. The van der Waals surface area contributed by atoms with Crippen LogP contribution in [0.15, 0.2) is 82.3 Å². The molecule has 0 bridgehead atoms. The van der Waals surface area contributed by atoms with E-state index < -0.39 is 10.0 Å². The number of rotatable bonds is 9. The van der Waals surface area contributed by atoms with Crippen molar-refractivity contribution in [3.05, 3.63) is 89.9 Å². The number of hydrogen-bond donors (Lipinski definition) is 2. The molecule has 0 radical (unpaired) electrons. The Kier molecular flexibility index (Phi) is 6.96. The summed E-state index contributed by atoms with van der Waals surface area (Å²) >= 11 is 0. The standard InChI is InChI=1S/C25H27N3O4S/c1-19-17-21-5-2-3-7-24(21)28(19)15-14-26-25(29)13-10-20-8-11-23(12-9-20)33(30,31)27-18-22-6-4-16-32-22/h2-13,16,19,27H,14-15,17-18H2,1H3,(H,26,29). The van der Waals surface area contributed by atoms with E-state index in [1.807, 2.05) is 6.07 Å². The molecule has 1 aliphatic rings. The van der Waals surface area contributed by atoms with Gasteiger partial charge in [-0.2, -0.15) is 0 Å². The number of hydrogen-bond acceptors (Lipinski definition) is 5. The maximum Gasteiger partial charge on any atom is 0.244 e. The zero-order valence-corrected chi connectivity index (χ0v) is 19.2. The number of fused-ring (bicyclic) bond motifs is 1. The summed E-state index contributed by atoms with van der Waals surface area (Å²) in [4.78, 5) is 14.7. The lowest BCUT2D eigenvalue weighted by Crippen LogP contribution is -2.37. The Morgan fingerprint density at radius 2 is 1.91 bits per heavy atom. The molecule has 1 aliphatic heterocycles. The highest BCUT2D eigenvalue weighted by molar-refractivity contribution is 7.89. The SMILES string of the molecule is CC1Cc2ccccc2N1CCNC(=O)C=Cc1ccc(S(=O)(=O)NCc2ccco2)cc1. The fourth-order valence-electron chi connectivity index (χ4n) is 3.92. The van der Waals surface area contributed by atoms with E-state index in [9.17, 15) is 13.2 Å². The summed E-state index contributed by atoms with van der Waals surface area (Å²) in [7, 11) is -3.65. The van der Waals surface area contributed by atoms with Crippen molar-refractivity contribution in [3.8, 4) is 0 Å². The molecule has 0 saturated carbocycles. The number of nitrogens with zero attached hydrogens (tertiary/aromatic N) is 1. The maximum atomic E-state index is 12.4. The van der Waals surface area contributed by atoms with Crippen molar-refractivity contribution in [2.24, 2.45) is 0 Å². The van der Waals surface area contributed by atoms with Crippen LogP contribution in [0.25, 0.3) is 6.08 Å². The molecule has 7 nitrogen and oxygen atoms in total. The van der Waals surface area contributed by atoms with Gasteiger partial charge < -0.3 is 14.6 Å². The molecule has 0 spiro atoms. The van der Waals surface area contributed by atoms with Crippen LogP contribution in [-0.4, -0.2) is 33.5 Å². The van der Waals surface area contributed by atoms with E-state index in [1.165, 1.54) is 35.7 Å². The minimum absolute atomic E-state index is 0.0823. The molecule has 1 amide bonds. The Labute approximate surface area is 194 Å². The summed E-state index contributed by atoms with van der Waals surface area (Å²) < 4.78 is 32.4. The monoisotopic (exact) mass is 465 g/mol. The van der Waals surface area contributed by atoms with Crippen LogP contribution in [-0.2, 0) is 27.8 Å². The summed E-state index contributed by atoms with van der Waals surface area (Å²) in [5, 5.41) is 2.91. The lowest BCUT2D eigenvalue weighted by atomic mass is 10.1. The highest BCUT2D eigenvalue weighted by Gasteiger charge is 2.24. The fourth-order valence-corrected chi connectivity index (χ4v) is 4.91. The van der Waals surface area contributed by atoms with Gasteiger partial charge in [-0.25, -0.2) is 13.1 Å². The molecule has 2 heterocycles. The number of anilines is 1. The molecule has 2 aromatic carbocycles. The predicted octanol–water partition coefficient (Wildman–Crippen LogP) is 3.34. The quantitative estimate of drug-likeness (QED) is 0.473. The third-order valence-corrected chi connectivity index (χ3v) is 7.05. The van der Waals surface area contributed by atoms with E-state index in [-0.39, 0.29) is 17.3 Å². The largest absolute Gasteiger partial charge is 0.468 e. The first kappa shape index (κ1) is 22.8. The van der Waals surface area contributed by atoms with Gasteiger partial charge in [0.05, 0.1) is 17.7 Å². The molecule has 0 saturated heterocycles. The molecule has 3 aromatic rings. The first-order valence-corrected chi connectivity index (χ1v) is 12.3. The van der Waals surface area contributed by atoms with Crippen LogP contribution in [0.4, 0.5) is 5.69 Å². The number of sulfonamides is 1. The molecule has 172 valence electrons. The molecule has 4 rings (SSSR count). The van der Waals surface area contributed by atoms with Gasteiger partial charge in [-0.1, -0.05) is 30.3 Å². The highest BCUT2D eigenvalue weighted by Crippen LogP contribution is 2.31. The van der Waals surface area contributed by atoms with Crippen LogP contribution < -0.4 is 14.9 Å². The van der Waals surface area contributed by atoms with Gasteiger partial charge in [0.15, 0.2) is 0 Å². The number of benzene rings is 2. The van der Waals surface area contributed by atoms with Crippen molar-refractivity contribution in [1.82, 2.24) is 10.0 Å². The number of nitrogens with one attached hydrogen (secondary N) is 2. The first-order chi connectivity index (χ1) is 15.9. The Bertz CT molecular complexity index is 1220. The van der Waals surface area contributed by atoms with Crippen molar-refractivity contribution >= 4 is 27.7 Å². The van der Waals surface area contributed by atoms with Gasteiger partial charge >= 0.3 is 0 Å². The van der Waals surface area contributed by atoms with Gasteiger partial charge in [-0.15, -0.1) is 0 Å². The van der Waals surface area contributed by atoms with Gasteiger partial charge in [-0.05, 0) is 60.9 Å². The Hall–Kier alpha value is -3.36. The zero-order chi connectivity index (χ0) is 23.3. The Balaban J connectivity index is 1.26. The van der Waals surface area contributed by atoms with E-state index in [0.717, 1.165) is 18.5 Å². The second kappa shape index (κ2) is 10.1. The van der Waals surface area contributed by atoms with Crippen molar-refractivity contribution < 1.29 is 17.6 Å². The van der Waals surface area contributed by atoms with Crippen LogP contribution in [0.3, 0.4) is 0 Å². The molecule has 8 heteroatoms. The minimum atomic E-state index is -3.65. The topological polar surface area (TPSA) is 91.7 Å². The van der Waals surface area contributed by atoms with Crippen molar-refractivity contribution in [2.75, 3.05) is 18.0 Å². The van der Waals surface area contributed by atoms with E-state index in [0.29, 0.717) is 18.3 Å². The lowest BCUT2D eigenvalue weighted by Gasteiger charge is -2.24. The lowest BCUT2D eigenvalue weighted by molar-refractivity contribution is -0.116. The van der Waals surface area contributed by atoms with Gasteiger partial charge in [0, 0.05) is 30.9 Å². The number of amides is 1. The normalized spacial score (nSPS) is 15.7. The maximum absolute atomic E-state index is 12.4. The number of para-hydroxylation sites is 1. The molecule has 2 N–H and O–H groups in total. The van der Waals surface area contributed by atoms with Crippen molar-refractivity contribution in [3.63, 3.8) is 0 Å². The second-order valence-electron chi connectivity index (χ2n) is 7.97. The number of furan rings is 1. The highest BCUT2D eigenvalue weighted by atomic mass is 32.2. The molecule has 33 heavy (non-hydrogen) atoms. The Morgan fingerprint density at radius 1 is 1.12 bits per heavy atom. The van der Waals surface area contributed by atoms with Crippen LogP contribution in [0.2, 0.25) is 0 Å². The summed E-state index contributed by atoms with van der Waals surface area (Å²) in [5.74, 6) is 0.347. The van der Waals surface area contributed by atoms with E-state index >= 15 is 0 Å². The molecule has 1 aromatic heterocycles. The third kappa shape index (κ3) is 5.71. The van der Waals surface area contributed by atoms with Crippen LogP contribution in [0.5, 0.6) is 0 Å². The Morgan fingerprint density at radius 3 is 2.67 bits per heavy atom. The van der Waals surface area contributed by atoms with E-state index in [1.54, 1.807) is 30.3 Å². The minimum Gasteiger partial charge on any atom is -0.468 e. The van der Waals surface area contributed by atoms with E-state index in [2.05, 4.69) is 40.1 Å². The molecule has 1 atom stereocenters. The van der Waals surface area contributed by atoms with Gasteiger partial charge in [0.1, 0.15) is 5.76 Å². The van der Waals surface area contributed by atoms with Gasteiger partial charge in [0.25, 0.3) is 0 Å². The smallest absolute Gasteiger partial charge is 0.244 e. The summed E-state index contributed by atoms with van der Waals surface area (Å²) in [6, 6.07) is 18.5. The van der Waals surface area contributed by atoms with Gasteiger partial charge in [0.2, 0.25) is 15.9 Å². The van der Waals surface area contributed by atoms with Crippen molar-refractivity contribution in [2.45, 2.75) is 30.8 Å². The van der Waals surface area contributed by atoms with Crippen LogP contribution in [0.1, 0.15) is 23.8 Å². The first-order valence-electron chi connectivity index (χ1n) is 10.8. The van der Waals surface area contributed by atoms with Crippen LogP contribution in [0, 0.1) is 0 Å². The van der Waals surface area contributed by atoms with Gasteiger partial charge in [-0.3, -0.25) is 4.79 Å². The average molecular weight is 466 g/mol. The van der Waals surface area contributed by atoms with Crippen LogP contribution >= 0.6 is 0 Å². The summed E-state index contributed by atoms with van der Waals surface area (Å²) in [6.45, 7) is 3.56. The molecular weight excluding hydrogens is 438 g/mol. The molecular formula is C25H27N3O4S. The zero-order valence-electron chi connectivity index (χ0n) is 18.4. The summed E-state index contributed by atoms with van der Waals surface area (Å²) in [5.41, 5.74) is 3.32. The average Bonchev–Trinajstić information content (AvgIpc) is 3.44. The van der Waals surface area contributed by atoms with E-state index in [4.69, 9.17) is 4.42 Å². The summed E-state index contributed by atoms with van der Waals surface area (Å²) in [6.07, 6.45) is 5.64. The molecule has 1 unspecified atom stereocenters. The number of carbonyl (C=O) groups is 1. The molecule has 0 fully saturated rings. The third-order valence-electron chi connectivity index (χ3n) is 5.63. The van der Waals surface area contributed by atoms with Crippen molar-refractivity contribution in [1.29, 1.82) is 0 Å². The molecule has 0 aliphatic carbocycles. The fraction of sp³-hybridized carbons (Fsp3) is 0.240. The predicted molar refractivity (Wildman–Crippen MR) is 128 cm³/mol. The second-order valence-corrected chi connectivity index (χ2v) is 9.74.